The molecule has 7 nitrogen and oxygen atoms in total. The summed E-state index contributed by atoms with van der Waals surface area (Å²) in [5, 5.41) is 14.5. The Kier molecular flexibility index (Phi) is 6.06. The van der Waals surface area contributed by atoms with Crippen molar-refractivity contribution in [3.8, 4) is 0 Å². The van der Waals surface area contributed by atoms with E-state index in [9.17, 15) is 10.1 Å². The molecule has 1 aromatic heterocycles. The van der Waals surface area contributed by atoms with E-state index in [4.69, 9.17) is 16.0 Å². The molecule has 0 aromatic carbocycles. The Morgan fingerprint density at radius 3 is 2.44 bits per heavy atom. The lowest BCUT2D eigenvalue weighted by Crippen LogP contribution is -2.45. The van der Waals surface area contributed by atoms with Gasteiger partial charge in [0.25, 0.3) is 0 Å². The number of hydrogen-bond acceptors (Lipinski definition) is 6. The third-order valence-corrected chi connectivity index (χ3v) is 9.94. The normalized spacial score (nSPS) is 21.8. The molecule has 0 saturated heterocycles. The molecule has 2 rings (SSSR count). The van der Waals surface area contributed by atoms with Crippen LogP contribution in [0.25, 0.3) is 0 Å². The monoisotopic (exact) mass is 386 g/mol. The van der Waals surface area contributed by atoms with Crippen LogP contribution in [0.3, 0.4) is 0 Å². The van der Waals surface area contributed by atoms with Crippen molar-refractivity contribution < 1.29 is 9.35 Å². The van der Waals surface area contributed by atoms with Crippen molar-refractivity contribution in [1.29, 1.82) is 0 Å². The number of aromatic nitrogens is 2. The molecule has 1 aromatic rings. The number of nitrogens with one attached hydrogen (secondary N) is 1. The van der Waals surface area contributed by atoms with Crippen molar-refractivity contribution in [3.05, 3.63) is 21.6 Å². The predicted molar refractivity (Wildman–Crippen MR) is 102 cm³/mol. The Hall–Kier alpha value is -1.25. The van der Waals surface area contributed by atoms with E-state index < -0.39 is 13.2 Å². The summed E-state index contributed by atoms with van der Waals surface area (Å²) in [5.41, 5.74) is -0.149. The maximum absolute atomic E-state index is 11.1. The Labute approximate surface area is 154 Å². The molecule has 25 heavy (non-hydrogen) atoms. The third-order valence-electron chi connectivity index (χ3n) is 5.22. The van der Waals surface area contributed by atoms with E-state index in [0.717, 1.165) is 31.9 Å². The minimum Gasteiger partial charge on any atom is -0.414 e. The van der Waals surface area contributed by atoms with Crippen molar-refractivity contribution in [2.45, 2.75) is 76.7 Å². The minimum absolute atomic E-state index is 0.00282. The van der Waals surface area contributed by atoms with E-state index >= 15 is 0 Å². The van der Waals surface area contributed by atoms with Gasteiger partial charge in [-0.2, -0.15) is 4.98 Å². The molecule has 9 heteroatoms. The maximum atomic E-state index is 11.1. The van der Waals surface area contributed by atoms with Crippen LogP contribution in [0.2, 0.25) is 23.4 Å². The number of nitro groups is 1. The molecule has 1 aliphatic rings. The van der Waals surface area contributed by atoms with Gasteiger partial charge in [-0.15, -0.1) is 0 Å². The zero-order valence-electron chi connectivity index (χ0n) is 15.5. The van der Waals surface area contributed by atoms with Gasteiger partial charge < -0.3 is 9.74 Å². The van der Waals surface area contributed by atoms with Crippen LogP contribution in [0.5, 0.6) is 0 Å². The summed E-state index contributed by atoms with van der Waals surface area (Å²) >= 11 is 5.78. The largest absolute Gasteiger partial charge is 0.414 e. The fourth-order valence-electron chi connectivity index (χ4n) is 2.71. The lowest BCUT2D eigenvalue weighted by Gasteiger charge is -2.41. The van der Waals surface area contributed by atoms with E-state index in [2.05, 4.69) is 49.1 Å². The van der Waals surface area contributed by atoms with Gasteiger partial charge in [0.05, 0.1) is 4.92 Å². The van der Waals surface area contributed by atoms with Gasteiger partial charge in [-0.25, -0.2) is 4.98 Å². The molecular weight excluding hydrogens is 360 g/mol. The highest BCUT2D eigenvalue weighted by atomic mass is 35.5. The molecule has 0 spiro atoms. The second-order valence-corrected chi connectivity index (χ2v) is 13.2. The van der Waals surface area contributed by atoms with Crippen LogP contribution in [0.1, 0.15) is 46.5 Å². The van der Waals surface area contributed by atoms with Crippen LogP contribution >= 0.6 is 11.6 Å². The van der Waals surface area contributed by atoms with Gasteiger partial charge in [-0.1, -0.05) is 20.8 Å². The summed E-state index contributed by atoms with van der Waals surface area (Å²) in [4.78, 5) is 18.3. The molecule has 0 radical (unpaired) electrons. The van der Waals surface area contributed by atoms with Gasteiger partial charge in [0.2, 0.25) is 11.1 Å². The molecule has 140 valence electrons. The summed E-state index contributed by atoms with van der Waals surface area (Å²) in [5.74, 6) is 0.193. The van der Waals surface area contributed by atoms with Crippen molar-refractivity contribution in [2.75, 3.05) is 5.32 Å². The fourth-order valence-corrected chi connectivity index (χ4v) is 4.26. The Bertz CT molecular complexity index is 628. The smallest absolute Gasteiger partial charge is 0.329 e. The maximum Gasteiger partial charge on any atom is 0.329 e. The first-order valence-corrected chi connectivity index (χ1v) is 11.9. The quantitative estimate of drug-likeness (QED) is 0.339. The van der Waals surface area contributed by atoms with E-state index in [-0.39, 0.29) is 34.0 Å². The summed E-state index contributed by atoms with van der Waals surface area (Å²) < 4.78 is 6.48. The highest BCUT2D eigenvalue weighted by molar-refractivity contribution is 6.74. The molecule has 0 bridgehead atoms. The summed E-state index contributed by atoms with van der Waals surface area (Å²) in [6.45, 7) is 11.3. The molecule has 1 fully saturated rings. The Morgan fingerprint density at radius 2 is 1.92 bits per heavy atom. The topological polar surface area (TPSA) is 90.2 Å². The minimum atomic E-state index is -1.77. The Balaban J connectivity index is 1.96. The molecule has 0 aliphatic heterocycles. The molecule has 0 amide bonds. The summed E-state index contributed by atoms with van der Waals surface area (Å²) in [6, 6.07) is 0.129. The first kappa shape index (κ1) is 20.1. The van der Waals surface area contributed by atoms with Gasteiger partial charge in [0, 0.05) is 12.1 Å². The predicted octanol–water partition coefficient (Wildman–Crippen LogP) is 4.78. The highest BCUT2D eigenvalue weighted by Crippen LogP contribution is 2.39. The van der Waals surface area contributed by atoms with Crippen LogP contribution in [-0.4, -0.2) is 35.4 Å². The van der Waals surface area contributed by atoms with Crippen LogP contribution in [0.15, 0.2) is 6.20 Å². The van der Waals surface area contributed by atoms with E-state index in [1.165, 1.54) is 0 Å². The first-order chi connectivity index (χ1) is 11.5. The molecule has 1 aliphatic carbocycles. The van der Waals surface area contributed by atoms with E-state index in [1.54, 1.807) is 0 Å². The summed E-state index contributed by atoms with van der Waals surface area (Å²) in [6.07, 6.45) is 5.07. The number of rotatable bonds is 5. The average molecular weight is 387 g/mol. The van der Waals surface area contributed by atoms with Crippen molar-refractivity contribution in [2.24, 2.45) is 0 Å². The van der Waals surface area contributed by atoms with Crippen molar-refractivity contribution in [1.82, 2.24) is 9.97 Å². The second-order valence-electron chi connectivity index (χ2n) is 8.13. The number of anilines is 1. The highest BCUT2D eigenvalue weighted by Gasteiger charge is 2.39. The number of nitrogens with zero attached hydrogens (tertiary/aromatic N) is 3. The molecule has 1 saturated carbocycles. The van der Waals surface area contributed by atoms with Crippen LogP contribution < -0.4 is 5.32 Å². The third kappa shape index (κ3) is 5.12. The van der Waals surface area contributed by atoms with E-state index in [1.807, 2.05) is 0 Å². The zero-order valence-corrected chi connectivity index (χ0v) is 17.3. The van der Waals surface area contributed by atoms with E-state index in [0.29, 0.717) is 0 Å². The zero-order chi connectivity index (χ0) is 18.8. The molecule has 1 N–H and O–H groups in total. The number of halogens is 1. The summed E-state index contributed by atoms with van der Waals surface area (Å²) in [7, 11) is -1.77. The van der Waals surface area contributed by atoms with Crippen molar-refractivity contribution in [3.63, 3.8) is 0 Å². The number of hydrogen-bond donors (Lipinski definition) is 1. The Morgan fingerprint density at radius 1 is 1.32 bits per heavy atom. The van der Waals surface area contributed by atoms with Crippen LogP contribution in [0.4, 0.5) is 11.5 Å². The lowest BCUT2D eigenvalue weighted by atomic mass is 9.93. The lowest BCUT2D eigenvalue weighted by molar-refractivity contribution is -0.384. The molecule has 0 unspecified atom stereocenters. The standard InChI is InChI=1S/C16H27ClN4O3Si/c1-16(2,3)25(4,5)24-12-8-6-11(7-9-12)19-14-13(21(22)23)10-18-15(17)20-14/h10-12H,6-9H2,1-5H3,(H,18,19,20). The molecule has 1 heterocycles. The first-order valence-electron chi connectivity index (χ1n) is 8.61. The second kappa shape index (κ2) is 7.55. The molecular formula is C16H27ClN4O3Si. The van der Waals surface area contributed by atoms with Gasteiger partial charge in [0.1, 0.15) is 6.20 Å². The van der Waals surface area contributed by atoms with Gasteiger partial charge in [-0.05, 0) is 55.4 Å². The van der Waals surface area contributed by atoms with Gasteiger partial charge >= 0.3 is 5.69 Å². The average Bonchev–Trinajstić information content (AvgIpc) is 2.47. The SMILES string of the molecule is CC(C)(C)[Si](C)(C)OC1CCC(Nc2nc(Cl)ncc2[N+](=O)[O-])CC1. The van der Waals surface area contributed by atoms with Crippen LogP contribution in [-0.2, 0) is 4.43 Å². The molecule has 0 atom stereocenters. The van der Waals surface area contributed by atoms with Crippen molar-refractivity contribution >= 4 is 31.4 Å². The van der Waals surface area contributed by atoms with Gasteiger partial charge in [0.15, 0.2) is 8.32 Å². The fraction of sp³-hybridized carbons (Fsp3) is 0.750. The van der Waals surface area contributed by atoms with Gasteiger partial charge in [-0.3, -0.25) is 10.1 Å². The van der Waals surface area contributed by atoms with Crippen LogP contribution in [0, 0.1) is 10.1 Å².